The van der Waals surface area contributed by atoms with E-state index < -0.39 is 12.1 Å². The summed E-state index contributed by atoms with van der Waals surface area (Å²) in [4.78, 5) is 43.1. The minimum Gasteiger partial charge on any atom is -0.475 e. The molecule has 39 heavy (non-hydrogen) atoms. The van der Waals surface area contributed by atoms with Gasteiger partial charge in [0.2, 0.25) is 0 Å². The van der Waals surface area contributed by atoms with E-state index in [4.69, 9.17) is 14.6 Å². The number of rotatable bonds is 4. The number of aromatic amines is 1. The Hall–Kier alpha value is -4.45. The highest BCUT2D eigenvalue weighted by Gasteiger charge is 2.38. The van der Waals surface area contributed by atoms with E-state index in [0.29, 0.717) is 44.0 Å². The number of nitrogens with one attached hydrogen (secondary N) is 2. The van der Waals surface area contributed by atoms with Crippen LogP contribution < -0.4 is 5.32 Å². The van der Waals surface area contributed by atoms with Crippen molar-refractivity contribution < 1.29 is 37.4 Å². The summed E-state index contributed by atoms with van der Waals surface area (Å²) >= 11 is 0. The normalized spacial score (nSPS) is 15.3. The molecule has 2 aliphatic heterocycles. The standard InChI is InChI=1S/C25H24N4O3.C2HF3O2/c30-24-21-16-23(28-22(21)8-10-27-24)19-7-9-26-20(15-19)6-3-17-1-4-18(5-2-17)25(31)29-11-13-32-14-12-29;3-2(4,5)1(6)7/h1-7,9,15-16,28H,8,10-14H2,(H,27,30);(H,6,7)/b6-3+;. The maximum Gasteiger partial charge on any atom is 0.490 e. The van der Waals surface area contributed by atoms with E-state index in [1.165, 1.54) is 0 Å². The summed E-state index contributed by atoms with van der Waals surface area (Å²) in [5, 5.41) is 10.00. The van der Waals surface area contributed by atoms with Crippen LogP contribution in [0.5, 0.6) is 0 Å². The first-order valence-corrected chi connectivity index (χ1v) is 12.0. The summed E-state index contributed by atoms with van der Waals surface area (Å²) in [5.41, 5.74) is 6.07. The Kier molecular flexibility index (Phi) is 8.45. The van der Waals surface area contributed by atoms with Crippen LogP contribution in [0.4, 0.5) is 13.2 Å². The van der Waals surface area contributed by atoms with E-state index in [9.17, 15) is 22.8 Å². The number of carboxylic acids is 1. The van der Waals surface area contributed by atoms with E-state index in [2.05, 4.69) is 15.3 Å². The Balaban J connectivity index is 0.000000448. The lowest BCUT2D eigenvalue weighted by molar-refractivity contribution is -0.192. The van der Waals surface area contributed by atoms with Crippen LogP contribution in [0.25, 0.3) is 23.4 Å². The fourth-order valence-electron chi connectivity index (χ4n) is 4.02. The van der Waals surface area contributed by atoms with Gasteiger partial charge in [0.1, 0.15) is 0 Å². The molecule has 0 aliphatic carbocycles. The van der Waals surface area contributed by atoms with Crippen molar-refractivity contribution in [3.63, 3.8) is 0 Å². The van der Waals surface area contributed by atoms with Gasteiger partial charge < -0.3 is 25.0 Å². The number of pyridine rings is 1. The van der Waals surface area contributed by atoms with Gasteiger partial charge in [-0.15, -0.1) is 0 Å². The number of alkyl halides is 3. The molecular weight excluding hydrogens is 517 g/mol. The molecule has 204 valence electrons. The quantitative estimate of drug-likeness (QED) is 0.463. The third kappa shape index (κ3) is 7.11. The van der Waals surface area contributed by atoms with Crippen molar-refractivity contribution in [1.29, 1.82) is 0 Å². The number of fused-ring (bicyclic) bond motifs is 1. The SMILES string of the molecule is O=C(O)C(F)(F)F.O=C1NCCc2[nH]c(-c3ccnc(/C=C/c4ccc(C(=O)N5CCOCC5)cc4)c3)cc21. The predicted octanol–water partition coefficient (Wildman–Crippen LogP) is 3.64. The number of carboxylic acid groups (broad SMARTS) is 1. The van der Waals surface area contributed by atoms with Gasteiger partial charge in [0, 0.05) is 54.8 Å². The van der Waals surface area contributed by atoms with Gasteiger partial charge in [0.25, 0.3) is 11.8 Å². The Labute approximate surface area is 221 Å². The number of ether oxygens (including phenoxy) is 1. The second-order valence-corrected chi connectivity index (χ2v) is 8.71. The molecule has 0 atom stereocenters. The van der Waals surface area contributed by atoms with Gasteiger partial charge in [-0.3, -0.25) is 14.6 Å². The van der Waals surface area contributed by atoms with Crippen molar-refractivity contribution in [3.8, 4) is 11.3 Å². The third-order valence-corrected chi connectivity index (χ3v) is 6.04. The number of amides is 2. The van der Waals surface area contributed by atoms with E-state index >= 15 is 0 Å². The first-order chi connectivity index (χ1) is 18.6. The number of aliphatic carboxylic acids is 1. The number of carbonyl (C=O) groups excluding carboxylic acids is 2. The van der Waals surface area contributed by atoms with Crippen LogP contribution in [-0.2, 0) is 16.0 Å². The zero-order valence-corrected chi connectivity index (χ0v) is 20.6. The van der Waals surface area contributed by atoms with Crippen LogP contribution in [0.15, 0.2) is 48.7 Å². The number of hydrogen-bond acceptors (Lipinski definition) is 5. The number of hydrogen-bond donors (Lipinski definition) is 3. The molecule has 0 bridgehead atoms. The average molecular weight is 543 g/mol. The van der Waals surface area contributed by atoms with E-state index in [1.54, 1.807) is 6.20 Å². The number of morpholine rings is 1. The van der Waals surface area contributed by atoms with Crippen LogP contribution >= 0.6 is 0 Å². The lowest BCUT2D eigenvalue weighted by atomic mass is 10.1. The Bertz CT molecular complexity index is 1380. The van der Waals surface area contributed by atoms with Crippen LogP contribution in [-0.4, -0.2) is 76.8 Å². The van der Waals surface area contributed by atoms with Gasteiger partial charge in [-0.25, -0.2) is 4.79 Å². The minimum atomic E-state index is -5.08. The highest BCUT2D eigenvalue weighted by atomic mass is 19.4. The largest absolute Gasteiger partial charge is 0.490 e. The van der Waals surface area contributed by atoms with Crippen molar-refractivity contribution >= 4 is 29.9 Å². The summed E-state index contributed by atoms with van der Waals surface area (Å²) in [6.07, 6.45) is 1.40. The molecule has 0 saturated carbocycles. The van der Waals surface area contributed by atoms with E-state index in [0.717, 1.165) is 34.6 Å². The smallest absolute Gasteiger partial charge is 0.475 e. The minimum absolute atomic E-state index is 0.0292. The molecule has 2 aromatic heterocycles. The number of benzene rings is 1. The maximum absolute atomic E-state index is 12.6. The molecule has 2 amide bonds. The van der Waals surface area contributed by atoms with Crippen molar-refractivity contribution in [2.24, 2.45) is 0 Å². The molecule has 0 radical (unpaired) electrons. The zero-order valence-electron chi connectivity index (χ0n) is 20.6. The van der Waals surface area contributed by atoms with E-state index in [-0.39, 0.29) is 11.8 Å². The monoisotopic (exact) mass is 542 g/mol. The number of carbonyl (C=O) groups is 3. The van der Waals surface area contributed by atoms with Gasteiger partial charge in [0.15, 0.2) is 0 Å². The molecule has 1 saturated heterocycles. The maximum atomic E-state index is 12.6. The van der Waals surface area contributed by atoms with Crippen molar-refractivity contribution in [2.75, 3.05) is 32.8 Å². The molecule has 2 aliphatic rings. The van der Waals surface area contributed by atoms with Crippen LogP contribution in [0, 0.1) is 0 Å². The number of aromatic nitrogens is 2. The molecule has 0 unspecified atom stereocenters. The molecule has 12 heteroatoms. The molecule has 1 fully saturated rings. The molecule has 4 heterocycles. The first kappa shape index (κ1) is 27.6. The number of H-pyrrole nitrogens is 1. The Morgan fingerprint density at radius 2 is 1.74 bits per heavy atom. The number of nitrogens with zero attached hydrogens (tertiary/aromatic N) is 2. The summed E-state index contributed by atoms with van der Waals surface area (Å²) in [7, 11) is 0. The third-order valence-electron chi connectivity index (χ3n) is 6.04. The van der Waals surface area contributed by atoms with Crippen molar-refractivity contribution in [1.82, 2.24) is 20.2 Å². The number of halogens is 3. The molecule has 5 rings (SSSR count). The van der Waals surface area contributed by atoms with Gasteiger partial charge in [0.05, 0.1) is 24.5 Å². The summed E-state index contributed by atoms with van der Waals surface area (Å²) in [6.45, 7) is 3.12. The van der Waals surface area contributed by atoms with Gasteiger partial charge >= 0.3 is 12.1 Å². The second-order valence-electron chi connectivity index (χ2n) is 8.71. The molecule has 9 nitrogen and oxygen atoms in total. The van der Waals surface area contributed by atoms with Crippen molar-refractivity contribution in [2.45, 2.75) is 12.6 Å². The zero-order chi connectivity index (χ0) is 28.0. The molecule has 1 aromatic carbocycles. The van der Waals surface area contributed by atoms with Crippen LogP contribution in [0.3, 0.4) is 0 Å². The van der Waals surface area contributed by atoms with Crippen molar-refractivity contribution in [3.05, 3.63) is 76.7 Å². The average Bonchev–Trinajstić information content (AvgIpc) is 3.38. The lowest BCUT2D eigenvalue weighted by Gasteiger charge is -2.26. The predicted molar refractivity (Wildman–Crippen MR) is 136 cm³/mol. The lowest BCUT2D eigenvalue weighted by Crippen LogP contribution is -2.40. The Morgan fingerprint density at radius 1 is 1.05 bits per heavy atom. The molecular formula is C27H25F3N4O5. The molecule has 3 aromatic rings. The topological polar surface area (TPSA) is 125 Å². The first-order valence-electron chi connectivity index (χ1n) is 12.0. The fraction of sp³-hybridized carbons (Fsp3) is 0.259. The summed E-state index contributed by atoms with van der Waals surface area (Å²) in [5.74, 6) is -2.74. The second kappa shape index (κ2) is 11.9. The highest BCUT2D eigenvalue weighted by molar-refractivity contribution is 5.98. The Morgan fingerprint density at radius 3 is 2.38 bits per heavy atom. The summed E-state index contributed by atoms with van der Waals surface area (Å²) in [6, 6.07) is 13.4. The van der Waals surface area contributed by atoms with Gasteiger partial charge in [-0.1, -0.05) is 18.2 Å². The van der Waals surface area contributed by atoms with Crippen LogP contribution in [0.1, 0.15) is 37.7 Å². The highest BCUT2D eigenvalue weighted by Crippen LogP contribution is 2.24. The van der Waals surface area contributed by atoms with Gasteiger partial charge in [-0.2, -0.15) is 13.2 Å². The van der Waals surface area contributed by atoms with Gasteiger partial charge in [-0.05, 0) is 42.0 Å². The van der Waals surface area contributed by atoms with Crippen LogP contribution in [0.2, 0.25) is 0 Å². The molecule has 0 spiro atoms. The fourth-order valence-corrected chi connectivity index (χ4v) is 4.02. The summed E-state index contributed by atoms with van der Waals surface area (Å²) < 4.78 is 37.0. The van der Waals surface area contributed by atoms with E-state index in [1.807, 2.05) is 59.5 Å². The molecule has 3 N–H and O–H groups in total.